The van der Waals surface area contributed by atoms with Gasteiger partial charge in [0, 0.05) is 19.2 Å². The first-order valence-electron chi connectivity index (χ1n) is 8.27. The topological polar surface area (TPSA) is 67.4 Å². The fourth-order valence-electron chi connectivity index (χ4n) is 2.14. The van der Waals surface area contributed by atoms with Crippen molar-refractivity contribution in [2.75, 3.05) is 20.3 Å². The molecule has 134 valence electrons. The molecular weight excluding hydrogens is 328 g/mol. The summed E-state index contributed by atoms with van der Waals surface area (Å²) in [6, 6.07) is 18.4. The van der Waals surface area contributed by atoms with E-state index in [4.69, 9.17) is 4.74 Å². The lowest BCUT2D eigenvalue weighted by atomic mass is 10.2. The van der Waals surface area contributed by atoms with Crippen molar-refractivity contribution in [3.8, 4) is 0 Å². The molecule has 2 rings (SSSR count). The number of carbonyl (C=O) groups excluding carboxylic acids is 2. The lowest BCUT2D eigenvalue weighted by Crippen LogP contribution is -2.36. The molecule has 0 radical (unpaired) electrons. The van der Waals surface area contributed by atoms with Gasteiger partial charge in [-0.2, -0.15) is 0 Å². The van der Waals surface area contributed by atoms with E-state index in [2.05, 4.69) is 10.6 Å². The van der Waals surface area contributed by atoms with Gasteiger partial charge in [-0.05, 0) is 23.8 Å². The maximum absolute atomic E-state index is 12.3. The number of amides is 2. The van der Waals surface area contributed by atoms with Crippen LogP contribution in [-0.4, -0.2) is 32.1 Å². The van der Waals surface area contributed by atoms with Crippen LogP contribution in [0.15, 0.2) is 78.5 Å². The van der Waals surface area contributed by atoms with Crippen LogP contribution in [-0.2, 0) is 9.53 Å². The molecule has 0 spiro atoms. The first-order valence-corrected chi connectivity index (χ1v) is 8.27. The van der Waals surface area contributed by atoms with Crippen molar-refractivity contribution in [3.05, 3.63) is 89.6 Å². The van der Waals surface area contributed by atoms with Gasteiger partial charge in [-0.15, -0.1) is 0 Å². The van der Waals surface area contributed by atoms with Gasteiger partial charge < -0.3 is 15.4 Å². The first kappa shape index (κ1) is 19.1. The van der Waals surface area contributed by atoms with Crippen molar-refractivity contribution in [3.63, 3.8) is 0 Å². The maximum Gasteiger partial charge on any atom is 0.267 e. The van der Waals surface area contributed by atoms with Crippen LogP contribution in [0.1, 0.15) is 15.9 Å². The van der Waals surface area contributed by atoms with Crippen LogP contribution in [0.25, 0.3) is 6.08 Å². The largest absolute Gasteiger partial charge is 0.383 e. The summed E-state index contributed by atoms with van der Waals surface area (Å²) >= 11 is 0. The SMILES string of the molecule is COCCNC(=O)C(=CC=Cc1ccccc1)NC(=O)c1ccccc1. The van der Waals surface area contributed by atoms with Crippen molar-refractivity contribution < 1.29 is 14.3 Å². The average Bonchev–Trinajstić information content (AvgIpc) is 2.68. The Morgan fingerprint density at radius 1 is 1.00 bits per heavy atom. The molecule has 0 aliphatic carbocycles. The van der Waals surface area contributed by atoms with Crippen LogP contribution < -0.4 is 10.6 Å². The molecule has 0 atom stereocenters. The highest BCUT2D eigenvalue weighted by atomic mass is 16.5. The molecule has 2 aromatic carbocycles. The van der Waals surface area contributed by atoms with E-state index < -0.39 is 0 Å². The van der Waals surface area contributed by atoms with E-state index in [1.807, 2.05) is 42.5 Å². The second-order valence-corrected chi connectivity index (χ2v) is 5.42. The lowest BCUT2D eigenvalue weighted by Gasteiger charge is -2.10. The van der Waals surface area contributed by atoms with Crippen molar-refractivity contribution in [2.45, 2.75) is 0 Å². The number of carbonyl (C=O) groups is 2. The number of ether oxygens (including phenoxy) is 1. The number of methoxy groups -OCH3 is 1. The highest BCUT2D eigenvalue weighted by Gasteiger charge is 2.13. The predicted octanol–water partition coefficient (Wildman–Crippen LogP) is 2.78. The van der Waals surface area contributed by atoms with Crippen LogP contribution in [0.3, 0.4) is 0 Å². The molecule has 5 heteroatoms. The van der Waals surface area contributed by atoms with Crippen LogP contribution in [0, 0.1) is 0 Å². The Morgan fingerprint density at radius 2 is 1.65 bits per heavy atom. The standard InChI is InChI=1S/C21H22N2O3/c1-26-16-15-22-21(25)19(14-8-11-17-9-4-2-5-10-17)23-20(24)18-12-6-3-7-13-18/h2-14H,15-16H2,1H3,(H,22,25)(H,23,24). The molecule has 26 heavy (non-hydrogen) atoms. The summed E-state index contributed by atoms with van der Waals surface area (Å²) in [6.07, 6.45) is 5.17. The molecule has 0 aromatic heterocycles. The Balaban J connectivity index is 2.12. The average molecular weight is 350 g/mol. The second kappa shape index (κ2) is 10.6. The summed E-state index contributed by atoms with van der Waals surface area (Å²) in [5.74, 6) is -0.712. The molecule has 5 nitrogen and oxygen atoms in total. The quantitative estimate of drug-likeness (QED) is 0.437. The van der Waals surface area contributed by atoms with Crippen molar-refractivity contribution >= 4 is 17.9 Å². The summed E-state index contributed by atoms with van der Waals surface area (Å²) in [4.78, 5) is 24.7. The van der Waals surface area contributed by atoms with Gasteiger partial charge in [0.05, 0.1) is 6.61 Å². The molecular formula is C21H22N2O3. The van der Waals surface area contributed by atoms with Crippen LogP contribution in [0.4, 0.5) is 0 Å². The Bertz CT molecular complexity index is 768. The van der Waals surface area contributed by atoms with Gasteiger partial charge in [0.2, 0.25) is 0 Å². The molecule has 0 bridgehead atoms. The fraction of sp³-hybridized carbons (Fsp3) is 0.143. The Hall–Kier alpha value is -3.18. The molecule has 0 aliphatic rings. The van der Waals surface area contributed by atoms with E-state index in [-0.39, 0.29) is 17.5 Å². The van der Waals surface area contributed by atoms with E-state index in [9.17, 15) is 9.59 Å². The van der Waals surface area contributed by atoms with Crippen LogP contribution >= 0.6 is 0 Å². The number of allylic oxidation sites excluding steroid dienone is 2. The molecule has 0 heterocycles. The molecule has 0 saturated carbocycles. The van der Waals surface area contributed by atoms with Gasteiger partial charge in [0.25, 0.3) is 11.8 Å². The van der Waals surface area contributed by atoms with E-state index in [0.29, 0.717) is 18.7 Å². The normalized spacial score (nSPS) is 11.3. The third kappa shape index (κ3) is 6.37. The minimum atomic E-state index is -0.371. The minimum absolute atomic E-state index is 0.169. The Morgan fingerprint density at radius 3 is 2.31 bits per heavy atom. The zero-order chi connectivity index (χ0) is 18.6. The second-order valence-electron chi connectivity index (χ2n) is 5.42. The van der Waals surface area contributed by atoms with Gasteiger partial charge >= 0.3 is 0 Å². The molecule has 0 saturated heterocycles. The molecule has 2 amide bonds. The van der Waals surface area contributed by atoms with Gasteiger partial charge in [0.1, 0.15) is 5.70 Å². The zero-order valence-corrected chi connectivity index (χ0v) is 14.6. The van der Waals surface area contributed by atoms with Crippen LogP contribution in [0.2, 0.25) is 0 Å². The van der Waals surface area contributed by atoms with Gasteiger partial charge in [-0.3, -0.25) is 9.59 Å². The van der Waals surface area contributed by atoms with Gasteiger partial charge in [0.15, 0.2) is 0 Å². The lowest BCUT2D eigenvalue weighted by molar-refractivity contribution is -0.118. The molecule has 0 aliphatic heterocycles. The van der Waals surface area contributed by atoms with E-state index in [1.54, 1.807) is 43.5 Å². The Kier molecular flexibility index (Phi) is 7.83. The van der Waals surface area contributed by atoms with Gasteiger partial charge in [-0.1, -0.05) is 60.7 Å². The van der Waals surface area contributed by atoms with Crippen molar-refractivity contribution in [2.24, 2.45) is 0 Å². The van der Waals surface area contributed by atoms with E-state index in [0.717, 1.165) is 5.56 Å². The molecule has 2 aromatic rings. The number of benzene rings is 2. The van der Waals surface area contributed by atoms with E-state index >= 15 is 0 Å². The van der Waals surface area contributed by atoms with Crippen LogP contribution in [0.5, 0.6) is 0 Å². The van der Waals surface area contributed by atoms with Gasteiger partial charge in [-0.25, -0.2) is 0 Å². The first-order chi connectivity index (χ1) is 12.7. The predicted molar refractivity (Wildman–Crippen MR) is 102 cm³/mol. The number of hydrogen-bond donors (Lipinski definition) is 2. The monoisotopic (exact) mass is 350 g/mol. The summed E-state index contributed by atoms with van der Waals surface area (Å²) in [5.41, 5.74) is 1.65. The highest BCUT2D eigenvalue weighted by Crippen LogP contribution is 2.04. The third-order valence-electron chi connectivity index (χ3n) is 3.47. The molecule has 2 N–H and O–H groups in total. The number of hydrogen-bond acceptors (Lipinski definition) is 3. The summed E-state index contributed by atoms with van der Waals surface area (Å²) in [7, 11) is 1.56. The van der Waals surface area contributed by atoms with Crippen molar-refractivity contribution in [1.29, 1.82) is 0 Å². The highest BCUT2D eigenvalue weighted by molar-refractivity contribution is 6.03. The number of rotatable bonds is 8. The van der Waals surface area contributed by atoms with E-state index in [1.165, 1.54) is 0 Å². The molecule has 0 unspecified atom stereocenters. The summed E-state index contributed by atoms with van der Waals surface area (Å²) in [5, 5.41) is 5.37. The summed E-state index contributed by atoms with van der Waals surface area (Å²) < 4.78 is 4.93. The summed E-state index contributed by atoms with van der Waals surface area (Å²) in [6.45, 7) is 0.752. The maximum atomic E-state index is 12.3. The smallest absolute Gasteiger partial charge is 0.267 e. The molecule has 0 fully saturated rings. The fourth-order valence-corrected chi connectivity index (χ4v) is 2.14. The number of nitrogens with one attached hydrogen (secondary N) is 2. The third-order valence-corrected chi connectivity index (χ3v) is 3.47. The van der Waals surface area contributed by atoms with Crippen molar-refractivity contribution in [1.82, 2.24) is 10.6 Å². The minimum Gasteiger partial charge on any atom is -0.383 e. The Labute approximate surface area is 153 Å². The zero-order valence-electron chi connectivity index (χ0n) is 14.6.